The Bertz CT molecular complexity index is 877. The Hall–Kier alpha value is -1.16. The van der Waals surface area contributed by atoms with Crippen LogP contribution < -0.4 is 0 Å². The van der Waals surface area contributed by atoms with Gasteiger partial charge in [0.1, 0.15) is 0 Å². The molecule has 0 aromatic rings. The summed E-state index contributed by atoms with van der Waals surface area (Å²) in [4.78, 5) is 26.6. The number of carbonyl (C=O) groups is 2. The second-order valence-corrected chi connectivity index (χ2v) is 14.4. The van der Waals surface area contributed by atoms with E-state index in [2.05, 4.69) is 27.7 Å². The van der Waals surface area contributed by atoms with Crippen molar-refractivity contribution >= 4 is 11.7 Å². The Morgan fingerprint density at radius 3 is 2.39 bits per heavy atom. The third-order valence-corrected chi connectivity index (χ3v) is 12.2. The number of hydrogen-bond acceptors (Lipinski definition) is 3. The summed E-state index contributed by atoms with van der Waals surface area (Å²) in [5.41, 5.74) is 1.14. The number of amides is 1. The van der Waals surface area contributed by atoms with E-state index in [1.165, 1.54) is 50.5 Å². The topological polar surface area (TPSA) is 57.6 Å². The summed E-state index contributed by atoms with van der Waals surface area (Å²) in [5, 5.41) is 11.4. The molecule has 0 unspecified atom stereocenters. The summed E-state index contributed by atoms with van der Waals surface area (Å²) in [6, 6.07) is 0. The molecule has 7 atom stereocenters. The van der Waals surface area contributed by atoms with Crippen molar-refractivity contribution in [2.75, 3.05) is 13.6 Å². The van der Waals surface area contributed by atoms with Gasteiger partial charge < -0.3 is 10.0 Å². The quantitative estimate of drug-likeness (QED) is 0.263. The first-order valence-electron chi connectivity index (χ1n) is 16.2. The van der Waals surface area contributed by atoms with Gasteiger partial charge in [0.2, 0.25) is 5.91 Å². The molecule has 4 aliphatic rings. The fourth-order valence-electron chi connectivity index (χ4n) is 9.34. The highest BCUT2D eigenvalue weighted by Crippen LogP contribution is 2.69. The van der Waals surface area contributed by atoms with E-state index >= 15 is 0 Å². The van der Waals surface area contributed by atoms with Crippen LogP contribution in [0.1, 0.15) is 137 Å². The van der Waals surface area contributed by atoms with Gasteiger partial charge in [0.25, 0.3) is 0 Å². The molecule has 0 bridgehead atoms. The van der Waals surface area contributed by atoms with Crippen LogP contribution in [0.25, 0.3) is 0 Å². The molecule has 216 valence electrons. The fourth-order valence-corrected chi connectivity index (χ4v) is 9.34. The highest BCUT2D eigenvalue weighted by molar-refractivity contribution is 5.91. The molecule has 0 aliphatic heterocycles. The third-order valence-electron chi connectivity index (χ3n) is 12.2. The molecule has 1 N–H and O–H groups in total. The minimum absolute atomic E-state index is 0.0382. The Labute approximate surface area is 233 Å². The van der Waals surface area contributed by atoms with E-state index in [0.717, 1.165) is 57.9 Å². The molecule has 38 heavy (non-hydrogen) atoms. The first-order chi connectivity index (χ1) is 18.0. The molecule has 0 spiro atoms. The second kappa shape index (κ2) is 12.1. The molecule has 3 saturated carbocycles. The van der Waals surface area contributed by atoms with Crippen molar-refractivity contribution < 1.29 is 14.7 Å². The van der Waals surface area contributed by atoms with Crippen LogP contribution in [0.15, 0.2) is 11.6 Å². The molecule has 4 aliphatic carbocycles. The molecular weight excluding hydrogens is 470 g/mol. The maximum atomic E-state index is 12.4. The molecule has 0 heterocycles. The van der Waals surface area contributed by atoms with Gasteiger partial charge in [-0.2, -0.15) is 0 Å². The molecule has 4 rings (SSSR count). The van der Waals surface area contributed by atoms with Crippen molar-refractivity contribution in [3.63, 3.8) is 0 Å². The van der Waals surface area contributed by atoms with E-state index in [1.807, 2.05) is 18.0 Å². The first-order valence-corrected chi connectivity index (χ1v) is 16.2. The summed E-state index contributed by atoms with van der Waals surface area (Å²) in [5.74, 6) is 3.27. The van der Waals surface area contributed by atoms with Crippen molar-refractivity contribution in [2.24, 2.45) is 34.5 Å². The van der Waals surface area contributed by atoms with Gasteiger partial charge in [0.05, 0.1) is 5.60 Å². The minimum atomic E-state index is -0.543. The van der Waals surface area contributed by atoms with E-state index < -0.39 is 5.60 Å². The molecule has 4 nitrogen and oxygen atoms in total. The van der Waals surface area contributed by atoms with Crippen molar-refractivity contribution in [1.29, 1.82) is 0 Å². The average Bonchev–Trinajstić information content (AvgIpc) is 3.13. The lowest BCUT2D eigenvalue weighted by molar-refractivity contribution is -0.135. The number of carbonyl (C=O) groups excluding carboxylic acids is 2. The van der Waals surface area contributed by atoms with Gasteiger partial charge in [-0.15, -0.1) is 0 Å². The van der Waals surface area contributed by atoms with Crippen LogP contribution in [0.5, 0.6) is 0 Å². The predicted molar refractivity (Wildman–Crippen MR) is 156 cm³/mol. The number of unbranched alkanes of at least 4 members (excludes halogenated alkanes) is 6. The lowest BCUT2D eigenvalue weighted by Gasteiger charge is -2.61. The van der Waals surface area contributed by atoms with Crippen LogP contribution in [-0.4, -0.2) is 40.9 Å². The van der Waals surface area contributed by atoms with Crippen molar-refractivity contribution in [2.45, 2.75) is 142 Å². The number of fused-ring (bicyclic) bond motifs is 5. The normalized spacial score (nSPS) is 38.3. The van der Waals surface area contributed by atoms with Crippen LogP contribution in [0.4, 0.5) is 0 Å². The smallest absolute Gasteiger partial charge is 0.222 e. The Kier molecular flexibility index (Phi) is 9.53. The van der Waals surface area contributed by atoms with E-state index in [9.17, 15) is 14.7 Å². The Morgan fingerprint density at radius 2 is 1.66 bits per heavy atom. The van der Waals surface area contributed by atoms with Gasteiger partial charge >= 0.3 is 0 Å². The number of nitrogens with zero attached hydrogens (tertiary/aromatic N) is 1. The fraction of sp³-hybridized carbons (Fsp3) is 0.882. The molecule has 0 saturated heterocycles. The third kappa shape index (κ3) is 5.81. The highest BCUT2D eigenvalue weighted by Gasteiger charge is 2.64. The SMILES string of the molecule is CCCCN(C)C(=O)CCCCCCCC[C@@H]1CC2=CC(=O)CC[C@]2(C)[C@H]2CC[C@@]3(C)[C@@H](CC[C@]3(C)O)[C@H]12. The molecule has 1 amide bonds. The van der Waals surface area contributed by atoms with E-state index in [0.29, 0.717) is 48.2 Å². The number of allylic oxidation sites excluding steroid dienone is 1. The van der Waals surface area contributed by atoms with Gasteiger partial charge in [0, 0.05) is 26.4 Å². The van der Waals surface area contributed by atoms with Crippen LogP contribution in [0.2, 0.25) is 0 Å². The number of hydrogen-bond donors (Lipinski definition) is 1. The number of aliphatic hydroxyl groups is 1. The van der Waals surface area contributed by atoms with Gasteiger partial charge in [-0.1, -0.05) is 64.9 Å². The summed E-state index contributed by atoms with van der Waals surface area (Å²) >= 11 is 0. The zero-order valence-corrected chi connectivity index (χ0v) is 25.3. The first kappa shape index (κ1) is 29.8. The van der Waals surface area contributed by atoms with E-state index in [-0.39, 0.29) is 10.8 Å². The maximum Gasteiger partial charge on any atom is 0.222 e. The molecule has 4 heteroatoms. The molecule has 0 aromatic heterocycles. The summed E-state index contributed by atoms with van der Waals surface area (Å²) in [7, 11) is 1.94. The molecule has 0 radical (unpaired) electrons. The Morgan fingerprint density at radius 1 is 0.974 bits per heavy atom. The number of rotatable bonds is 12. The van der Waals surface area contributed by atoms with Crippen LogP contribution in [0, 0.1) is 34.5 Å². The van der Waals surface area contributed by atoms with Crippen molar-refractivity contribution in [3.05, 3.63) is 11.6 Å². The molecular formula is C34H57NO3. The number of ketones is 1. The zero-order valence-electron chi connectivity index (χ0n) is 25.3. The lowest BCUT2D eigenvalue weighted by atomic mass is 9.44. The van der Waals surface area contributed by atoms with Gasteiger partial charge in [0.15, 0.2) is 5.78 Å². The maximum absolute atomic E-state index is 12.4. The highest BCUT2D eigenvalue weighted by atomic mass is 16.3. The minimum Gasteiger partial charge on any atom is -0.390 e. The van der Waals surface area contributed by atoms with Crippen LogP contribution in [-0.2, 0) is 9.59 Å². The van der Waals surface area contributed by atoms with Gasteiger partial charge in [-0.05, 0) is 105 Å². The predicted octanol–water partition coefficient (Wildman–Crippen LogP) is 7.87. The Balaban J connectivity index is 1.30. The summed E-state index contributed by atoms with van der Waals surface area (Å²) in [6.07, 6.45) is 20.7. The summed E-state index contributed by atoms with van der Waals surface area (Å²) < 4.78 is 0. The lowest BCUT2D eigenvalue weighted by Crippen LogP contribution is -2.56. The van der Waals surface area contributed by atoms with Crippen molar-refractivity contribution in [3.8, 4) is 0 Å². The van der Waals surface area contributed by atoms with E-state index in [4.69, 9.17) is 0 Å². The molecule has 0 aromatic carbocycles. The second-order valence-electron chi connectivity index (χ2n) is 14.4. The molecule has 3 fully saturated rings. The largest absolute Gasteiger partial charge is 0.390 e. The average molecular weight is 528 g/mol. The van der Waals surface area contributed by atoms with Crippen LogP contribution >= 0.6 is 0 Å². The zero-order chi connectivity index (χ0) is 27.6. The van der Waals surface area contributed by atoms with Gasteiger partial charge in [-0.25, -0.2) is 0 Å². The standard InChI is InChI=1S/C34H57NO3/c1-6-7-22-35(5)30(37)15-13-11-9-8-10-12-14-25-23-26-24-27(36)16-19-32(26,2)28-17-20-33(3)29(31(25)28)18-21-34(33,4)38/h24-25,28-29,31,38H,6-23H2,1-5H3/t25-,28+,29+,31-,32+,33+,34+/m1/s1. The van der Waals surface area contributed by atoms with Crippen molar-refractivity contribution in [1.82, 2.24) is 4.90 Å². The monoisotopic (exact) mass is 527 g/mol. The van der Waals surface area contributed by atoms with Gasteiger partial charge in [-0.3, -0.25) is 9.59 Å². The van der Waals surface area contributed by atoms with Crippen LogP contribution in [0.3, 0.4) is 0 Å². The van der Waals surface area contributed by atoms with E-state index in [1.54, 1.807) is 0 Å². The summed E-state index contributed by atoms with van der Waals surface area (Å²) in [6.45, 7) is 10.0.